The van der Waals surface area contributed by atoms with Crippen LogP contribution in [0.3, 0.4) is 0 Å². The van der Waals surface area contributed by atoms with Gasteiger partial charge in [-0.3, -0.25) is 11.8 Å². The largest absolute Gasteiger partial charge is 1.00 e. The van der Waals surface area contributed by atoms with Gasteiger partial charge in [0.05, 0.1) is 5.58 Å². The van der Waals surface area contributed by atoms with Crippen molar-refractivity contribution in [3.05, 3.63) is 241 Å². The summed E-state index contributed by atoms with van der Waals surface area (Å²) in [7, 11) is -1.69. The molecule has 0 saturated heterocycles. The topological polar surface area (TPSA) is 13.1 Å². The molecular formula is C54H40Au2OP2+2. The fourth-order valence-corrected chi connectivity index (χ4v) is 15.3. The van der Waals surface area contributed by atoms with Crippen LogP contribution in [0.1, 0.15) is 22.3 Å². The first-order chi connectivity index (χ1) is 28.2. The van der Waals surface area contributed by atoms with Gasteiger partial charge in [0.1, 0.15) is 42.6 Å². The van der Waals surface area contributed by atoms with E-state index in [2.05, 4.69) is 164 Å². The fourth-order valence-electron chi connectivity index (χ4n) is 7.60. The molecule has 0 fully saturated rings. The van der Waals surface area contributed by atoms with Crippen LogP contribution in [0.25, 0.3) is 33.1 Å². The molecule has 0 atom stereocenters. The van der Waals surface area contributed by atoms with E-state index in [1.165, 1.54) is 49.4 Å². The Morgan fingerprint density at radius 3 is 1.39 bits per heavy atom. The van der Waals surface area contributed by atoms with E-state index < -0.39 is 15.8 Å². The number of fused-ring (bicyclic) bond motifs is 6. The summed E-state index contributed by atoms with van der Waals surface area (Å²) in [5.41, 5.74) is 8.40. The Kier molecular flexibility index (Phi) is 15.8. The van der Waals surface area contributed by atoms with Crippen LogP contribution in [-0.2, 0) is 51.2 Å². The molecule has 1 aromatic heterocycles. The van der Waals surface area contributed by atoms with Gasteiger partial charge in [0.2, 0.25) is 0 Å². The Hall–Kier alpha value is -4.98. The van der Waals surface area contributed by atoms with Crippen molar-refractivity contribution in [1.82, 2.24) is 0 Å². The maximum Gasteiger partial charge on any atom is 1.00 e. The quantitative estimate of drug-likeness (QED) is 0.0700. The SMILES string of the molecule is [Au+].[Au+].[C-]#Cc1cccc2c1Cc1ccccc1-2.[C-]#Cc1cccc2c1oc1ccccc12.c1ccc([PH+](C[PH+](c2ccccc2)c2ccccc2)c2ccccc2)cc1. The van der Waals surface area contributed by atoms with Crippen molar-refractivity contribution in [3.8, 4) is 23.0 Å². The van der Waals surface area contributed by atoms with Crippen molar-refractivity contribution >= 4 is 59.0 Å². The van der Waals surface area contributed by atoms with E-state index in [1.54, 1.807) is 0 Å². The molecule has 0 bridgehead atoms. The minimum absolute atomic E-state index is 0. The van der Waals surface area contributed by atoms with E-state index in [1.807, 2.05) is 54.6 Å². The monoisotopic (exact) mass is 1160 g/mol. The minimum atomic E-state index is -0.847. The Balaban J connectivity index is 0.000000156. The van der Waals surface area contributed by atoms with Crippen molar-refractivity contribution in [3.63, 3.8) is 0 Å². The number of rotatable bonds is 6. The molecule has 8 aromatic carbocycles. The Bertz CT molecular complexity index is 2670. The second kappa shape index (κ2) is 21.3. The summed E-state index contributed by atoms with van der Waals surface area (Å²) >= 11 is 0. The van der Waals surface area contributed by atoms with Crippen molar-refractivity contribution < 1.29 is 49.2 Å². The molecule has 1 aliphatic carbocycles. The molecule has 0 aliphatic heterocycles. The number of furan rings is 1. The first-order valence-electron chi connectivity index (χ1n) is 19.1. The van der Waals surface area contributed by atoms with E-state index in [9.17, 15) is 0 Å². The first kappa shape index (κ1) is 43.6. The van der Waals surface area contributed by atoms with Crippen LogP contribution in [0.4, 0.5) is 0 Å². The summed E-state index contributed by atoms with van der Waals surface area (Å²) in [5.74, 6) is 6.15. The Labute approximate surface area is 381 Å². The number of benzene rings is 8. The van der Waals surface area contributed by atoms with E-state index in [0.29, 0.717) is 5.56 Å². The van der Waals surface area contributed by atoms with Gasteiger partial charge in [0.15, 0.2) is 5.90 Å². The second-order valence-corrected chi connectivity index (χ2v) is 19.4. The molecule has 59 heavy (non-hydrogen) atoms. The predicted octanol–water partition coefficient (Wildman–Crippen LogP) is 11.4. The number of para-hydroxylation sites is 2. The molecule has 1 nitrogen and oxygen atoms in total. The molecule has 0 amide bonds. The van der Waals surface area contributed by atoms with E-state index in [0.717, 1.165) is 33.9 Å². The van der Waals surface area contributed by atoms with Crippen LogP contribution in [-0.4, -0.2) is 5.90 Å². The maximum absolute atomic E-state index is 7.27. The summed E-state index contributed by atoms with van der Waals surface area (Å²) in [4.78, 5) is 0. The van der Waals surface area contributed by atoms with Crippen LogP contribution >= 0.6 is 15.8 Å². The normalized spacial score (nSPS) is 10.7. The molecule has 0 radical (unpaired) electrons. The predicted molar refractivity (Wildman–Crippen MR) is 247 cm³/mol. The van der Waals surface area contributed by atoms with Crippen LogP contribution in [0, 0.1) is 24.7 Å². The van der Waals surface area contributed by atoms with Gasteiger partial charge in [-0.25, -0.2) is 0 Å². The Morgan fingerprint density at radius 2 is 0.847 bits per heavy atom. The fraction of sp³-hybridized carbons (Fsp3) is 0.0370. The van der Waals surface area contributed by atoms with Crippen molar-refractivity contribution in [2.24, 2.45) is 0 Å². The summed E-state index contributed by atoms with van der Waals surface area (Å²) < 4.78 is 5.69. The first-order valence-corrected chi connectivity index (χ1v) is 22.5. The zero-order valence-electron chi connectivity index (χ0n) is 32.1. The second-order valence-electron chi connectivity index (χ2n) is 13.8. The summed E-state index contributed by atoms with van der Waals surface area (Å²) in [6, 6.07) is 72.6. The molecule has 0 N–H and O–H groups in total. The van der Waals surface area contributed by atoms with Gasteiger partial charge in [0.25, 0.3) is 0 Å². The number of hydrogen-bond donors (Lipinski definition) is 0. The van der Waals surface area contributed by atoms with Crippen LogP contribution in [0.2, 0.25) is 0 Å². The summed E-state index contributed by atoms with van der Waals surface area (Å²) in [6.45, 7) is 0. The van der Waals surface area contributed by atoms with Gasteiger partial charge in [-0.05, 0) is 77.7 Å². The third-order valence-electron chi connectivity index (χ3n) is 10.4. The molecule has 292 valence electrons. The van der Waals surface area contributed by atoms with Gasteiger partial charge in [0, 0.05) is 10.8 Å². The molecule has 10 rings (SSSR count). The molecule has 0 saturated carbocycles. The van der Waals surface area contributed by atoms with Gasteiger partial charge in [-0.15, -0.1) is 23.3 Å². The average molecular weight is 1160 g/mol. The maximum atomic E-state index is 7.27. The molecule has 1 aliphatic rings. The zero-order valence-corrected chi connectivity index (χ0v) is 38.4. The van der Waals surface area contributed by atoms with Crippen LogP contribution < -0.4 is 21.2 Å². The molecule has 1 heterocycles. The van der Waals surface area contributed by atoms with E-state index >= 15 is 0 Å². The summed E-state index contributed by atoms with van der Waals surface area (Å²) in [5, 5.41) is 8.14. The smallest absolute Gasteiger partial charge is 0.474 e. The third kappa shape index (κ3) is 10.1. The van der Waals surface area contributed by atoms with Crippen molar-refractivity contribution in [2.75, 3.05) is 5.90 Å². The Morgan fingerprint density at radius 1 is 0.424 bits per heavy atom. The van der Waals surface area contributed by atoms with Gasteiger partial charge in [-0.2, -0.15) is 0 Å². The molecule has 0 unspecified atom stereocenters. The van der Waals surface area contributed by atoms with Crippen LogP contribution in [0.15, 0.2) is 211 Å². The molecule has 0 spiro atoms. The zero-order chi connectivity index (χ0) is 38.8. The van der Waals surface area contributed by atoms with Crippen LogP contribution in [0.5, 0.6) is 0 Å². The molecule has 9 aromatic rings. The average Bonchev–Trinajstić information content (AvgIpc) is 3.87. The van der Waals surface area contributed by atoms with Crippen molar-refractivity contribution in [2.45, 2.75) is 6.42 Å². The van der Waals surface area contributed by atoms with Gasteiger partial charge < -0.3 is 17.3 Å². The number of hydrogen-bond acceptors (Lipinski definition) is 1. The summed E-state index contributed by atoms with van der Waals surface area (Å²) in [6.07, 6.45) is 15.4. The molecule has 5 heteroatoms. The molecular weight excluding hydrogens is 1120 g/mol. The van der Waals surface area contributed by atoms with E-state index in [4.69, 9.17) is 17.3 Å². The van der Waals surface area contributed by atoms with Gasteiger partial charge >= 0.3 is 44.8 Å². The standard InChI is InChI=1S/C25H22P2.C15H9.C14H7O.2Au/c1-5-13-22(14-6-1)26(23-15-7-2-8-16-23)21-27(24-17-9-3-10-18-24)25-19-11-4-12-20-25;1-2-11-7-5-9-14-13-8-4-3-6-12(13)10-15(11)14;1-2-10-6-5-8-12-11-7-3-4-9-13(11)15-14(10)12;;/h1-20H,21H2;3-9H,10H2;3-9H;;/q;2*-1;2*+1/p+2. The third-order valence-corrected chi connectivity index (χ3v) is 17.3. The van der Waals surface area contributed by atoms with Crippen molar-refractivity contribution in [1.29, 1.82) is 0 Å². The van der Waals surface area contributed by atoms with E-state index in [-0.39, 0.29) is 44.8 Å². The minimum Gasteiger partial charge on any atom is -0.474 e. The van der Waals surface area contributed by atoms with Gasteiger partial charge in [-0.1, -0.05) is 145 Å².